The molecule has 12 aromatic rings. The lowest BCUT2D eigenvalue weighted by Crippen LogP contribution is -2.93. The molecule has 0 saturated heterocycles. The molecule has 2 nitrogen and oxygen atoms in total. The molecule has 4 heteroatoms. The summed E-state index contributed by atoms with van der Waals surface area (Å²) < 4.78 is 5.03. The minimum atomic E-state index is -3.05. The van der Waals surface area contributed by atoms with Crippen molar-refractivity contribution in [1.82, 2.24) is 9.13 Å². The zero-order chi connectivity index (χ0) is 42.2. The fourth-order valence-electron chi connectivity index (χ4n) is 11.7. The van der Waals surface area contributed by atoms with Crippen molar-refractivity contribution in [2.24, 2.45) is 0 Å². The number of nitrogens with zero attached hydrogens (tertiary/aromatic N) is 2. The van der Waals surface area contributed by atoms with E-state index < -0.39 is 16.1 Å². The van der Waals surface area contributed by atoms with Crippen LogP contribution in [0.3, 0.4) is 0 Å². The van der Waals surface area contributed by atoms with Crippen LogP contribution >= 0.6 is 0 Å². The van der Waals surface area contributed by atoms with Gasteiger partial charge in [-0.3, -0.25) is 0 Å². The molecule has 64 heavy (non-hydrogen) atoms. The molecule has 0 unspecified atom stereocenters. The minimum absolute atomic E-state index is 1.15. The molecule has 0 spiro atoms. The SMILES string of the molecule is c1ccc(-n2c3ccccc3c3cccc(-n4c5ccccc5c5ccc([Si]6(c7ccccc7)c7ccccc7[Si](c7ccccc7)(c7ccccc7)c7ccccc76)cc54)c32)cc1. The zero-order valence-corrected chi connectivity index (χ0v) is 37.1. The van der Waals surface area contributed by atoms with E-state index >= 15 is 0 Å². The summed E-state index contributed by atoms with van der Waals surface area (Å²) in [6.07, 6.45) is 0. The lowest BCUT2D eigenvalue weighted by Gasteiger charge is -2.48. The van der Waals surface area contributed by atoms with Crippen LogP contribution in [0, 0.1) is 0 Å². The minimum Gasteiger partial charge on any atom is -0.307 e. The van der Waals surface area contributed by atoms with Gasteiger partial charge in [0.25, 0.3) is 0 Å². The summed E-state index contributed by atoms with van der Waals surface area (Å²) in [5.74, 6) is 0. The van der Waals surface area contributed by atoms with Crippen LogP contribution < -0.4 is 41.5 Å². The Morgan fingerprint density at radius 1 is 0.250 bits per heavy atom. The molecule has 0 fully saturated rings. The fourth-order valence-corrected chi connectivity index (χ4v) is 23.8. The van der Waals surface area contributed by atoms with Gasteiger partial charge in [-0.05, 0) is 77.9 Å². The molecule has 1 aliphatic heterocycles. The molecule has 13 rings (SSSR count). The van der Waals surface area contributed by atoms with Crippen LogP contribution in [0.5, 0.6) is 0 Å². The quantitative estimate of drug-likeness (QED) is 0.148. The molecular weight excluding hydrogens is 805 g/mol. The van der Waals surface area contributed by atoms with Crippen molar-refractivity contribution < 1.29 is 0 Å². The standard InChI is InChI=1S/C60H42N2Si2/c1-5-22-43(23-6-1)61-52-33-15-14-31-49(52)51-32-21-35-54(60(51)61)62-53-34-16-13-30-48(53)50-41-40-47(42-55(50)62)64(46-28-11-4-12-29-46)58-38-19-17-36-56(58)63(44-24-7-2-8-25-44,45-26-9-3-10-27-45)57-37-18-20-39-59(57)64/h1-42H. The lowest BCUT2D eigenvalue weighted by atomic mass is 10.1. The van der Waals surface area contributed by atoms with Crippen molar-refractivity contribution in [3.8, 4) is 11.4 Å². The third-order valence-electron chi connectivity index (χ3n) is 14.1. The van der Waals surface area contributed by atoms with Crippen molar-refractivity contribution in [3.63, 3.8) is 0 Å². The predicted molar refractivity (Wildman–Crippen MR) is 276 cm³/mol. The molecule has 0 atom stereocenters. The van der Waals surface area contributed by atoms with Gasteiger partial charge in [0.05, 0.1) is 27.8 Å². The van der Waals surface area contributed by atoms with Crippen molar-refractivity contribution in [2.45, 2.75) is 0 Å². The summed E-state index contributed by atoms with van der Waals surface area (Å²) in [4.78, 5) is 0. The van der Waals surface area contributed by atoms with Gasteiger partial charge in [0.15, 0.2) is 16.1 Å². The molecule has 0 amide bonds. The number of aromatic nitrogens is 2. The zero-order valence-electron chi connectivity index (χ0n) is 35.1. The highest BCUT2D eigenvalue weighted by Crippen LogP contribution is 2.39. The van der Waals surface area contributed by atoms with Crippen LogP contribution in [-0.4, -0.2) is 25.3 Å². The number of hydrogen-bond acceptors (Lipinski definition) is 0. The second-order valence-electron chi connectivity index (χ2n) is 17.1. The number of para-hydroxylation sites is 4. The van der Waals surface area contributed by atoms with Gasteiger partial charge in [-0.1, -0.05) is 218 Å². The molecule has 10 aromatic carbocycles. The largest absolute Gasteiger partial charge is 0.307 e. The van der Waals surface area contributed by atoms with E-state index in [-0.39, 0.29) is 0 Å². The molecular formula is C60H42N2Si2. The molecule has 2 aromatic heterocycles. The Morgan fingerprint density at radius 2 is 0.641 bits per heavy atom. The highest BCUT2D eigenvalue weighted by atomic mass is 28.3. The molecule has 0 radical (unpaired) electrons. The van der Waals surface area contributed by atoms with Crippen LogP contribution in [0.2, 0.25) is 0 Å². The van der Waals surface area contributed by atoms with E-state index in [9.17, 15) is 0 Å². The number of fused-ring (bicyclic) bond motifs is 8. The van der Waals surface area contributed by atoms with Gasteiger partial charge in [0.2, 0.25) is 0 Å². The van der Waals surface area contributed by atoms with Crippen LogP contribution in [0.1, 0.15) is 0 Å². The second kappa shape index (κ2) is 14.4. The molecule has 0 N–H and O–H groups in total. The van der Waals surface area contributed by atoms with Gasteiger partial charge >= 0.3 is 0 Å². The first-order valence-electron chi connectivity index (χ1n) is 22.3. The Hall–Kier alpha value is -7.77. The highest BCUT2D eigenvalue weighted by Gasteiger charge is 2.56. The van der Waals surface area contributed by atoms with E-state index in [4.69, 9.17) is 0 Å². The third kappa shape index (κ3) is 5.01. The Labute approximate surface area is 374 Å². The van der Waals surface area contributed by atoms with Crippen LogP contribution in [0.4, 0.5) is 0 Å². The monoisotopic (exact) mass is 846 g/mol. The van der Waals surface area contributed by atoms with E-state index in [0.29, 0.717) is 0 Å². The first kappa shape index (κ1) is 36.8. The van der Waals surface area contributed by atoms with Crippen LogP contribution in [0.15, 0.2) is 255 Å². The summed E-state index contributed by atoms with van der Waals surface area (Å²) in [6.45, 7) is 0. The van der Waals surface area contributed by atoms with Gasteiger partial charge in [0, 0.05) is 27.2 Å². The van der Waals surface area contributed by atoms with Crippen molar-refractivity contribution in [3.05, 3.63) is 255 Å². The van der Waals surface area contributed by atoms with Crippen molar-refractivity contribution >= 4 is 101 Å². The molecule has 3 heterocycles. The molecule has 300 valence electrons. The molecule has 0 saturated carbocycles. The van der Waals surface area contributed by atoms with Gasteiger partial charge in [-0.15, -0.1) is 0 Å². The summed E-state index contributed by atoms with van der Waals surface area (Å²) in [5, 5.41) is 16.5. The lowest BCUT2D eigenvalue weighted by molar-refractivity contribution is 1.13. The van der Waals surface area contributed by atoms with Crippen LogP contribution in [-0.2, 0) is 0 Å². The van der Waals surface area contributed by atoms with E-state index in [0.717, 1.165) is 5.69 Å². The summed E-state index contributed by atoms with van der Waals surface area (Å²) in [7, 11) is -5.88. The number of rotatable bonds is 6. The first-order chi connectivity index (χ1) is 31.8. The average Bonchev–Trinajstić information content (AvgIpc) is 3.89. The van der Waals surface area contributed by atoms with Crippen molar-refractivity contribution in [2.75, 3.05) is 0 Å². The topological polar surface area (TPSA) is 9.86 Å². The van der Waals surface area contributed by atoms with E-state index in [1.54, 1.807) is 0 Å². The molecule has 0 bridgehead atoms. The molecule has 0 aliphatic carbocycles. The van der Waals surface area contributed by atoms with Gasteiger partial charge in [-0.2, -0.15) is 0 Å². The second-order valence-corrected chi connectivity index (χ2v) is 24.6. The third-order valence-corrected chi connectivity index (χ3v) is 24.4. The Kier molecular flexibility index (Phi) is 8.29. The normalized spacial score (nSPS) is 13.9. The predicted octanol–water partition coefficient (Wildman–Crippen LogP) is 8.95. The van der Waals surface area contributed by atoms with E-state index in [1.165, 1.54) is 90.8 Å². The Bertz CT molecular complexity index is 3630. The number of benzene rings is 10. The van der Waals surface area contributed by atoms with Gasteiger partial charge in [-0.25, -0.2) is 0 Å². The smallest absolute Gasteiger partial charge is 0.179 e. The van der Waals surface area contributed by atoms with E-state index in [2.05, 4.69) is 264 Å². The summed E-state index contributed by atoms with van der Waals surface area (Å²) in [5.41, 5.74) is 7.14. The van der Waals surface area contributed by atoms with Gasteiger partial charge < -0.3 is 9.13 Å². The summed E-state index contributed by atoms with van der Waals surface area (Å²) in [6, 6.07) is 96.6. The maximum Gasteiger partial charge on any atom is 0.179 e. The highest BCUT2D eigenvalue weighted by molar-refractivity contribution is 7.32. The maximum absolute atomic E-state index is 3.05. The first-order valence-corrected chi connectivity index (χ1v) is 26.3. The van der Waals surface area contributed by atoms with Gasteiger partial charge in [0.1, 0.15) is 0 Å². The number of hydrogen-bond donors (Lipinski definition) is 0. The summed E-state index contributed by atoms with van der Waals surface area (Å²) >= 11 is 0. The molecule has 1 aliphatic rings. The Morgan fingerprint density at radius 3 is 1.17 bits per heavy atom. The average molecular weight is 847 g/mol. The Balaban J connectivity index is 1.18. The fraction of sp³-hybridized carbons (Fsp3) is 0. The van der Waals surface area contributed by atoms with Crippen LogP contribution in [0.25, 0.3) is 55.0 Å². The van der Waals surface area contributed by atoms with E-state index in [1.807, 2.05) is 0 Å². The maximum atomic E-state index is 2.59. The van der Waals surface area contributed by atoms with Crippen molar-refractivity contribution in [1.29, 1.82) is 0 Å².